The van der Waals surface area contributed by atoms with Gasteiger partial charge in [-0.25, -0.2) is 13.1 Å². The van der Waals surface area contributed by atoms with Gasteiger partial charge in [0.25, 0.3) is 0 Å². The van der Waals surface area contributed by atoms with Crippen LogP contribution >= 0.6 is 11.6 Å². The van der Waals surface area contributed by atoms with Crippen LogP contribution in [0.2, 0.25) is 5.02 Å². The van der Waals surface area contributed by atoms with E-state index < -0.39 is 37.7 Å². The number of rotatable bonds is 5. The van der Waals surface area contributed by atoms with Crippen molar-refractivity contribution in [1.82, 2.24) is 4.72 Å². The van der Waals surface area contributed by atoms with Crippen LogP contribution in [0.25, 0.3) is 0 Å². The zero-order valence-electron chi connectivity index (χ0n) is 10.4. The van der Waals surface area contributed by atoms with Crippen LogP contribution in [0.3, 0.4) is 0 Å². The van der Waals surface area contributed by atoms with Gasteiger partial charge >= 0.3 is 6.18 Å². The Kier molecular flexibility index (Phi) is 5.42. The van der Waals surface area contributed by atoms with Crippen molar-refractivity contribution in [3.63, 3.8) is 0 Å². The smallest absolute Gasteiger partial charge is 0.396 e. The van der Waals surface area contributed by atoms with Crippen LogP contribution in [0.1, 0.15) is 18.9 Å². The van der Waals surface area contributed by atoms with E-state index in [1.807, 2.05) is 0 Å². The van der Waals surface area contributed by atoms with Gasteiger partial charge in [-0.15, -0.1) is 0 Å². The van der Waals surface area contributed by atoms with E-state index in [9.17, 15) is 21.6 Å². The Bertz CT molecular complexity index is 575. The van der Waals surface area contributed by atoms with E-state index in [1.54, 1.807) is 0 Å². The summed E-state index contributed by atoms with van der Waals surface area (Å²) in [5.74, 6) is 0. The van der Waals surface area contributed by atoms with Crippen LogP contribution in [-0.2, 0) is 16.2 Å². The summed E-state index contributed by atoms with van der Waals surface area (Å²) in [5.41, 5.74) is -1.21. The van der Waals surface area contributed by atoms with Crippen LogP contribution in [0.15, 0.2) is 23.1 Å². The van der Waals surface area contributed by atoms with Gasteiger partial charge in [0, 0.05) is 12.6 Å². The molecule has 9 heteroatoms. The molecule has 0 radical (unpaired) electrons. The second kappa shape index (κ2) is 6.30. The molecule has 4 nitrogen and oxygen atoms in total. The summed E-state index contributed by atoms with van der Waals surface area (Å²) < 4.78 is 64.0. The molecule has 2 N–H and O–H groups in total. The number of benzene rings is 1. The second-order valence-corrected chi connectivity index (χ2v) is 6.30. The summed E-state index contributed by atoms with van der Waals surface area (Å²) >= 11 is 5.42. The number of sulfonamides is 1. The quantitative estimate of drug-likeness (QED) is 0.870. The molecule has 1 atom stereocenters. The van der Waals surface area contributed by atoms with Gasteiger partial charge in [0.1, 0.15) is 0 Å². The monoisotopic (exact) mass is 331 g/mol. The van der Waals surface area contributed by atoms with Crippen LogP contribution in [0.4, 0.5) is 13.2 Å². The number of nitrogens with one attached hydrogen (secondary N) is 1. The fourth-order valence-electron chi connectivity index (χ4n) is 1.47. The van der Waals surface area contributed by atoms with E-state index in [0.29, 0.717) is 6.07 Å². The molecule has 0 fully saturated rings. The number of halogens is 4. The zero-order chi connectivity index (χ0) is 15.6. The summed E-state index contributed by atoms with van der Waals surface area (Å²) in [5, 5.41) is 8.12. The SMILES string of the molecule is CC(CCO)NS(=O)(=O)c1ccc(Cl)c(C(F)(F)F)c1. The highest BCUT2D eigenvalue weighted by molar-refractivity contribution is 7.89. The lowest BCUT2D eigenvalue weighted by Crippen LogP contribution is -2.33. The number of aliphatic hydroxyl groups excluding tert-OH is 1. The number of hydrogen-bond acceptors (Lipinski definition) is 3. The van der Waals surface area contributed by atoms with Gasteiger partial charge in [-0.1, -0.05) is 11.6 Å². The molecular weight excluding hydrogens is 319 g/mol. The minimum Gasteiger partial charge on any atom is -0.396 e. The van der Waals surface area contributed by atoms with E-state index in [2.05, 4.69) is 4.72 Å². The highest BCUT2D eigenvalue weighted by Gasteiger charge is 2.34. The van der Waals surface area contributed by atoms with Crippen LogP contribution in [-0.4, -0.2) is 26.2 Å². The van der Waals surface area contributed by atoms with E-state index in [1.165, 1.54) is 6.92 Å². The molecule has 1 aromatic rings. The molecule has 0 bridgehead atoms. The summed E-state index contributed by atoms with van der Waals surface area (Å²) in [6.45, 7) is 1.26. The third-order valence-electron chi connectivity index (χ3n) is 2.47. The Labute approximate surface area is 119 Å². The lowest BCUT2D eigenvalue weighted by atomic mass is 10.2. The predicted molar refractivity (Wildman–Crippen MR) is 67.9 cm³/mol. The molecule has 114 valence electrons. The first kappa shape index (κ1) is 17.2. The minimum atomic E-state index is -4.74. The van der Waals surface area contributed by atoms with Gasteiger partial charge < -0.3 is 5.11 Å². The fourth-order valence-corrected chi connectivity index (χ4v) is 3.00. The maximum Gasteiger partial charge on any atom is 0.417 e. The number of aliphatic hydroxyl groups is 1. The van der Waals surface area contributed by atoms with Crippen molar-refractivity contribution < 1.29 is 26.7 Å². The first-order valence-electron chi connectivity index (χ1n) is 5.58. The van der Waals surface area contributed by atoms with Gasteiger partial charge in [-0.2, -0.15) is 13.2 Å². The summed E-state index contributed by atoms with van der Waals surface area (Å²) in [7, 11) is -4.10. The van der Waals surface area contributed by atoms with Crippen molar-refractivity contribution in [2.24, 2.45) is 0 Å². The van der Waals surface area contributed by atoms with Gasteiger partial charge in [-0.3, -0.25) is 0 Å². The summed E-state index contributed by atoms with van der Waals surface area (Å²) in [6.07, 6.45) is -4.59. The lowest BCUT2D eigenvalue weighted by Gasteiger charge is -2.15. The first-order valence-corrected chi connectivity index (χ1v) is 7.44. The highest BCUT2D eigenvalue weighted by atomic mass is 35.5. The first-order chi connectivity index (χ1) is 9.08. The largest absolute Gasteiger partial charge is 0.417 e. The second-order valence-electron chi connectivity index (χ2n) is 4.17. The molecular formula is C11H13ClF3NO3S. The zero-order valence-corrected chi connectivity index (χ0v) is 12.0. The van der Waals surface area contributed by atoms with Gasteiger partial charge in [0.15, 0.2) is 0 Å². The normalized spacial score (nSPS) is 14.3. The average molecular weight is 332 g/mol. The molecule has 0 spiro atoms. The van der Waals surface area contributed by atoms with Crippen molar-refractivity contribution >= 4 is 21.6 Å². The molecule has 0 aromatic heterocycles. The maximum atomic E-state index is 12.7. The third-order valence-corrected chi connectivity index (χ3v) is 4.39. The summed E-state index contributed by atoms with van der Waals surface area (Å²) in [6, 6.07) is 1.76. The fraction of sp³-hybridized carbons (Fsp3) is 0.455. The molecule has 0 saturated heterocycles. The molecule has 20 heavy (non-hydrogen) atoms. The predicted octanol–water partition coefficient (Wildman–Crippen LogP) is 2.41. The third kappa shape index (κ3) is 4.34. The maximum absolute atomic E-state index is 12.7. The molecule has 1 unspecified atom stereocenters. The molecule has 0 aliphatic carbocycles. The molecule has 0 heterocycles. The van der Waals surface area contributed by atoms with Gasteiger partial charge in [0.05, 0.1) is 15.5 Å². The Morgan fingerprint density at radius 3 is 2.50 bits per heavy atom. The molecule has 1 aromatic carbocycles. The van der Waals surface area contributed by atoms with Crippen LogP contribution < -0.4 is 4.72 Å². The standard InChI is InChI=1S/C11H13ClF3NO3S/c1-7(4-5-17)16-20(18,19)8-2-3-10(12)9(6-8)11(13,14)15/h2-3,6-7,16-17H,4-5H2,1H3. The number of alkyl halides is 3. The Morgan fingerprint density at radius 1 is 1.40 bits per heavy atom. The molecule has 0 aliphatic rings. The summed E-state index contributed by atoms with van der Waals surface area (Å²) in [4.78, 5) is -0.529. The molecule has 0 saturated carbocycles. The van der Waals surface area contributed by atoms with Crippen molar-refractivity contribution in [1.29, 1.82) is 0 Å². The van der Waals surface area contributed by atoms with E-state index in [4.69, 9.17) is 16.7 Å². The number of hydrogen-bond donors (Lipinski definition) is 2. The van der Waals surface area contributed by atoms with Crippen molar-refractivity contribution in [2.75, 3.05) is 6.61 Å². The molecule has 0 amide bonds. The van der Waals surface area contributed by atoms with Crippen LogP contribution in [0.5, 0.6) is 0 Å². The molecule has 1 rings (SSSR count). The van der Waals surface area contributed by atoms with E-state index >= 15 is 0 Å². The lowest BCUT2D eigenvalue weighted by molar-refractivity contribution is -0.137. The van der Waals surface area contributed by atoms with Crippen LogP contribution in [0, 0.1) is 0 Å². The van der Waals surface area contributed by atoms with E-state index in [-0.39, 0.29) is 13.0 Å². The van der Waals surface area contributed by atoms with Gasteiger partial charge in [0.2, 0.25) is 10.0 Å². The van der Waals surface area contributed by atoms with Crippen molar-refractivity contribution in [3.8, 4) is 0 Å². The Morgan fingerprint density at radius 2 is 2.00 bits per heavy atom. The minimum absolute atomic E-state index is 0.152. The van der Waals surface area contributed by atoms with Gasteiger partial charge in [-0.05, 0) is 31.5 Å². The topological polar surface area (TPSA) is 66.4 Å². The Hall–Kier alpha value is -0.830. The highest BCUT2D eigenvalue weighted by Crippen LogP contribution is 2.35. The average Bonchev–Trinajstić information content (AvgIpc) is 2.27. The van der Waals surface area contributed by atoms with Crippen molar-refractivity contribution in [3.05, 3.63) is 28.8 Å². The molecule has 0 aliphatic heterocycles. The van der Waals surface area contributed by atoms with E-state index in [0.717, 1.165) is 12.1 Å². The van der Waals surface area contributed by atoms with Crippen molar-refractivity contribution in [2.45, 2.75) is 30.5 Å². The Balaban J connectivity index is 3.14.